The Kier molecular flexibility index (Phi) is 8.04. The Morgan fingerprint density at radius 1 is 1.23 bits per heavy atom. The maximum absolute atomic E-state index is 11.8. The van der Waals surface area contributed by atoms with Crippen LogP contribution in [0.15, 0.2) is 24.3 Å². The quantitative estimate of drug-likeness (QED) is 0.716. The molecule has 0 saturated carbocycles. The van der Waals surface area contributed by atoms with E-state index in [1.54, 1.807) is 12.1 Å². The van der Waals surface area contributed by atoms with Crippen molar-refractivity contribution in [3.8, 4) is 0 Å². The summed E-state index contributed by atoms with van der Waals surface area (Å²) in [7, 11) is 0. The van der Waals surface area contributed by atoms with Crippen LogP contribution in [0.2, 0.25) is 0 Å². The van der Waals surface area contributed by atoms with E-state index in [1.807, 2.05) is 19.1 Å². The predicted molar refractivity (Wildman–Crippen MR) is 86.1 cm³/mol. The van der Waals surface area contributed by atoms with E-state index in [0.29, 0.717) is 18.5 Å². The fourth-order valence-corrected chi connectivity index (χ4v) is 2.17. The van der Waals surface area contributed by atoms with Gasteiger partial charge in [0.2, 0.25) is 0 Å². The highest BCUT2D eigenvalue weighted by atomic mass is 16.6. The van der Waals surface area contributed by atoms with Gasteiger partial charge in [-0.25, -0.2) is 4.79 Å². The van der Waals surface area contributed by atoms with E-state index < -0.39 is 12.1 Å². The molecule has 1 atom stereocenters. The number of amides is 1. The van der Waals surface area contributed by atoms with Gasteiger partial charge < -0.3 is 9.84 Å². The van der Waals surface area contributed by atoms with Gasteiger partial charge in [-0.3, -0.25) is 10.1 Å². The van der Waals surface area contributed by atoms with Crippen molar-refractivity contribution in [3.63, 3.8) is 0 Å². The van der Waals surface area contributed by atoms with Crippen LogP contribution in [-0.2, 0) is 16.0 Å². The minimum Gasteiger partial charge on any atom is -0.481 e. The van der Waals surface area contributed by atoms with Crippen molar-refractivity contribution >= 4 is 17.7 Å². The summed E-state index contributed by atoms with van der Waals surface area (Å²) in [6.45, 7) is 4.06. The van der Waals surface area contributed by atoms with Crippen molar-refractivity contribution in [2.75, 3.05) is 5.32 Å². The Morgan fingerprint density at radius 2 is 1.91 bits per heavy atom. The molecule has 5 heteroatoms. The molecule has 1 amide bonds. The molecule has 0 spiro atoms. The summed E-state index contributed by atoms with van der Waals surface area (Å²) in [6.07, 6.45) is 3.68. The number of carbonyl (C=O) groups is 2. The zero-order valence-corrected chi connectivity index (χ0v) is 13.3. The lowest BCUT2D eigenvalue weighted by atomic mass is 10.1. The third kappa shape index (κ3) is 7.11. The molecule has 1 aromatic carbocycles. The predicted octanol–water partition coefficient (Wildman–Crippen LogP) is 4.22. The summed E-state index contributed by atoms with van der Waals surface area (Å²) in [5.74, 6) is -0.779. The Balaban J connectivity index is 2.42. The molecular formula is C17H25NO4. The Labute approximate surface area is 131 Å². The molecule has 0 bridgehead atoms. The lowest BCUT2D eigenvalue weighted by molar-refractivity contribution is -0.137. The number of hydrogen-bond acceptors (Lipinski definition) is 3. The smallest absolute Gasteiger partial charge is 0.411 e. The Hall–Kier alpha value is -2.04. The standard InChI is InChI=1S/C17H25NO4/c1-3-6-15(4-2)22-17(21)18-14-11-9-13(10-12-14)7-5-8-16(19)20/h9-12,15H,3-8H2,1-2H3,(H,18,21)(H,19,20). The average Bonchev–Trinajstić information content (AvgIpc) is 2.48. The summed E-state index contributed by atoms with van der Waals surface area (Å²) < 4.78 is 5.35. The molecule has 1 unspecified atom stereocenters. The number of nitrogens with one attached hydrogen (secondary N) is 1. The second-order valence-electron chi connectivity index (χ2n) is 5.29. The number of benzene rings is 1. The number of hydrogen-bond donors (Lipinski definition) is 2. The van der Waals surface area contributed by atoms with Crippen LogP contribution in [0.4, 0.5) is 10.5 Å². The monoisotopic (exact) mass is 307 g/mol. The third-order valence-corrected chi connectivity index (χ3v) is 3.40. The highest BCUT2D eigenvalue weighted by Gasteiger charge is 2.11. The fraction of sp³-hybridized carbons (Fsp3) is 0.529. The van der Waals surface area contributed by atoms with E-state index in [-0.39, 0.29) is 12.5 Å². The molecule has 1 aromatic rings. The second kappa shape index (κ2) is 9.82. The molecule has 22 heavy (non-hydrogen) atoms. The lowest BCUT2D eigenvalue weighted by Crippen LogP contribution is -2.21. The van der Waals surface area contributed by atoms with Crippen molar-refractivity contribution in [1.29, 1.82) is 0 Å². The van der Waals surface area contributed by atoms with Gasteiger partial charge in [0, 0.05) is 12.1 Å². The lowest BCUT2D eigenvalue weighted by Gasteiger charge is -2.15. The summed E-state index contributed by atoms with van der Waals surface area (Å²) >= 11 is 0. The zero-order chi connectivity index (χ0) is 16.4. The van der Waals surface area contributed by atoms with E-state index >= 15 is 0 Å². The van der Waals surface area contributed by atoms with Crippen molar-refractivity contribution < 1.29 is 19.4 Å². The molecule has 0 saturated heterocycles. The van der Waals surface area contributed by atoms with Crippen LogP contribution in [0.25, 0.3) is 0 Å². The highest BCUT2D eigenvalue weighted by Crippen LogP contribution is 2.13. The first kappa shape index (κ1) is 18.0. The molecular weight excluding hydrogens is 282 g/mol. The second-order valence-corrected chi connectivity index (χ2v) is 5.29. The minimum absolute atomic E-state index is 0.0414. The first-order valence-electron chi connectivity index (χ1n) is 7.83. The third-order valence-electron chi connectivity index (χ3n) is 3.40. The Morgan fingerprint density at radius 3 is 2.45 bits per heavy atom. The maximum atomic E-state index is 11.8. The maximum Gasteiger partial charge on any atom is 0.411 e. The van der Waals surface area contributed by atoms with E-state index in [2.05, 4.69) is 12.2 Å². The van der Waals surface area contributed by atoms with Gasteiger partial charge in [-0.05, 0) is 43.4 Å². The number of carboxylic acids is 1. The van der Waals surface area contributed by atoms with E-state index in [9.17, 15) is 9.59 Å². The number of carbonyl (C=O) groups excluding carboxylic acids is 1. The van der Waals surface area contributed by atoms with Crippen molar-refractivity contribution in [3.05, 3.63) is 29.8 Å². The van der Waals surface area contributed by atoms with E-state index in [4.69, 9.17) is 9.84 Å². The van der Waals surface area contributed by atoms with Gasteiger partial charge in [-0.15, -0.1) is 0 Å². The fourth-order valence-electron chi connectivity index (χ4n) is 2.17. The van der Waals surface area contributed by atoms with E-state index in [1.165, 1.54) is 0 Å². The van der Waals surface area contributed by atoms with Crippen LogP contribution in [0.3, 0.4) is 0 Å². The number of rotatable bonds is 9. The molecule has 0 aliphatic carbocycles. The molecule has 0 heterocycles. The van der Waals surface area contributed by atoms with Gasteiger partial charge in [0.05, 0.1) is 0 Å². The highest BCUT2D eigenvalue weighted by molar-refractivity contribution is 5.84. The molecule has 0 aliphatic heterocycles. The number of anilines is 1. The molecule has 2 N–H and O–H groups in total. The van der Waals surface area contributed by atoms with Crippen molar-refractivity contribution in [2.45, 2.75) is 58.5 Å². The van der Waals surface area contributed by atoms with Gasteiger partial charge in [0.25, 0.3) is 0 Å². The number of ether oxygens (including phenoxy) is 1. The normalized spacial score (nSPS) is 11.7. The number of carboxylic acid groups (broad SMARTS) is 1. The van der Waals surface area contributed by atoms with Crippen LogP contribution in [0, 0.1) is 0 Å². The zero-order valence-electron chi connectivity index (χ0n) is 13.3. The number of aliphatic carboxylic acids is 1. The van der Waals surface area contributed by atoms with E-state index in [0.717, 1.165) is 24.8 Å². The van der Waals surface area contributed by atoms with Gasteiger partial charge in [-0.2, -0.15) is 0 Å². The van der Waals surface area contributed by atoms with Crippen molar-refractivity contribution in [2.24, 2.45) is 0 Å². The minimum atomic E-state index is -0.779. The van der Waals surface area contributed by atoms with Gasteiger partial charge in [0.1, 0.15) is 6.10 Å². The van der Waals surface area contributed by atoms with Crippen molar-refractivity contribution in [1.82, 2.24) is 0 Å². The summed E-state index contributed by atoms with van der Waals surface area (Å²) in [5.41, 5.74) is 1.73. The molecule has 0 aromatic heterocycles. The SMILES string of the molecule is CCCC(CC)OC(=O)Nc1ccc(CCCC(=O)O)cc1. The molecule has 1 rings (SSSR count). The van der Waals surface area contributed by atoms with Gasteiger partial charge in [0.15, 0.2) is 0 Å². The van der Waals surface area contributed by atoms with Crippen LogP contribution < -0.4 is 5.32 Å². The van der Waals surface area contributed by atoms with Gasteiger partial charge in [-0.1, -0.05) is 32.4 Å². The average molecular weight is 307 g/mol. The molecule has 0 aliphatic rings. The molecule has 0 fully saturated rings. The Bertz CT molecular complexity index is 470. The first-order valence-corrected chi connectivity index (χ1v) is 7.83. The largest absolute Gasteiger partial charge is 0.481 e. The van der Waals surface area contributed by atoms with Crippen LogP contribution >= 0.6 is 0 Å². The first-order chi connectivity index (χ1) is 10.5. The summed E-state index contributed by atoms with van der Waals surface area (Å²) in [5, 5.41) is 11.3. The van der Waals surface area contributed by atoms with Crippen LogP contribution in [0.5, 0.6) is 0 Å². The molecule has 122 valence electrons. The molecule has 5 nitrogen and oxygen atoms in total. The van der Waals surface area contributed by atoms with Gasteiger partial charge >= 0.3 is 12.1 Å². The molecule has 0 radical (unpaired) electrons. The summed E-state index contributed by atoms with van der Waals surface area (Å²) in [4.78, 5) is 22.3. The topological polar surface area (TPSA) is 75.6 Å². The number of aryl methyl sites for hydroxylation is 1. The van der Waals surface area contributed by atoms with Crippen LogP contribution in [0.1, 0.15) is 51.5 Å². The summed E-state index contributed by atoms with van der Waals surface area (Å²) in [6, 6.07) is 7.39. The van der Waals surface area contributed by atoms with Crippen LogP contribution in [-0.4, -0.2) is 23.3 Å².